The Bertz CT molecular complexity index is 666. The van der Waals surface area contributed by atoms with Crippen molar-refractivity contribution in [3.05, 3.63) is 46.8 Å². The number of amides is 1. The van der Waals surface area contributed by atoms with E-state index < -0.39 is 6.61 Å². The van der Waals surface area contributed by atoms with Crippen molar-refractivity contribution in [1.82, 2.24) is 15.1 Å². The summed E-state index contributed by atoms with van der Waals surface area (Å²) in [5.41, 5.74) is 3.19. The minimum Gasteiger partial charge on any atom is -0.435 e. The van der Waals surface area contributed by atoms with Crippen LogP contribution >= 0.6 is 0 Å². The maximum Gasteiger partial charge on any atom is 0.387 e. The van der Waals surface area contributed by atoms with E-state index in [9.17, 15) is 13.6 Å². The van der Waals surface area contributed by atoms with Gasteiger partial charge in [-0.15, -0.1) is 0 Å². The van der Waals surface area contributed by atoms with Crippen LogP contribution in [0.4, 0.5) is 8.78 Å². The van der Waals surface area contributed by atoms with E-state index in [0.717, 1.165) is 17.0 Å². The van der Waals surface area contributed by atoms with Crippen LogP contribution in [0.5, 0.6) is 5.75 Å². The molecule has 0 saturated heterocycles. The summed E-state index contributed by atoms with van der Waals surface area (Å²) < 4.78 is 30.1. The molecule has 0 atom stereocenters. The Morgan fingerprint density at radius 3 is 2.45 bits per heavy atom. The summed E-state index contributed by atoms with van der Waals surface area (Å²) in [7, 11) is 1.84. The molecule has 1 heterocycles. The molecule has 2 rings (SSSR count). The number of aromatic nitrogens is 2. The number of hydrogen-bond donors (Lipinski definition) is 1. The van der Waals surface area contributed by atoms with Crippen LogP contribution in [-0.2, 0) is 13.6 Å². The zero-order valence-corrected chi connectivity index (χ0v) is 12.6. The summed E-state index contributed by atoms with van der Waals surface area (Å²) in [6.07, 6.45) is 0. The third-order valence-corrected chi connectivity index (χ3v) is 3.43. The van der Waals surface area contributed by atoms with Crippen LogP contribution < -0.4 is 10.1 Å². The standard InChI is InChI=1S/C15H17F2N3O2/c1-9-13(10(2)20(3)19-9)8-18-14(21)11-4-6-12(7-5-11)22-15(16)17/h4-7,15H,8H2,1-3H3,(H,18,21). The van der Waals surface area contributed by atoms with Crippen LogP contribution in [0.25, 0.3) is 0 Å². The van der Waals surface area contributed by atoms with Crippen LogP contribution in [0, 0.1) is 13.8 Å². The Balaban J connectivity index is 2.00. The number of alkyl halides is 2. The Morgan fingerprint density at radius 1 is 1.32 bits per heavy atom. The molecule has 0 spiro atoms. The van der Waals surface area contributed by atoms with E-state index in [4.69, 9.17) is 0 Å². The average molecular weight is 309 g/mol. The topological polar surface area (TPSA) is 56.2 Å². The van der Waals surface area contributed by atoms with Gasteiger partial charge in [-0.1, -0.05) is 0 Å². The van der Waals surface area contributed by atoms with E-state index in [1.54, 1.807) is 4.68 Å². The maximum atomic E-state index is 12.1. The number of rotatable bonds is 5. The van der Waals surface area contributed by atoms with Gasteiger partial charge in [0.05, 0.1) is 5.69 Å². The number of nitrogens with one attached hydrogen (secondary N) is 1. The fourth-order valence-electron chi connectivity index (χ4n) is 2.13. The maximum absolute atomic E-state index is 12.1. The summed E-state index contributed by atoms with van der Waals surface area (Å²) in [6.45, 7) is 1.29. The van der Waals surface area contributed by atoms with E-state index in [1.807, 2.05) is 20.9 Å². The van der Waals surface area contributed by atoms with Gasteiger partial charge in [0.15, 0.2) is 0 Å². The van der Waals surface area contributed by atoms with E-state index in [1.165, 1.54) is 24.3 Å². The molecule has 0 unspecified atom stereocenters. The first-order valence-electron chi connectivity index (χ1n) is 6.70. The van der Waals surface area contributed by atoms with Crippen LogP contribution in [0.15, 0.2) is 24.3 Å². The summed E-state index contributed by atoms with van der Waals surface area (Å²) in [5, 5.41) is 7.07. The molecule has 0 aliphatic heterocycles. The van der Waals surface area contributed by atoms with Crippen molar-refractivity contribution in [2.45, 2.75) is 27.0 Å². The summed E-state index contributed by atoms with van der Waals surface area (Å²) in [4.78, 5) is 12.1. The predicted molar refractivity (Wildman–Crippen MR) is 76.9 cm³/mol. The third kappa shape index (κ3) is 3.60. The molecular weight excluding hydrogens is 292 g/mol. The molecule has 0 bridgehead atoms. The number of carbonyl (C=O) groups is 1. The van der Waals surface area contributed by atoms with Gasteiger partial charge in [-0.25, -0.2) is 0 Å². The van der Waals surface area contributed by atoms with Gasteiger partial charge in [-0.3, -0.25) is 9.48 Å². The van der Waals surface area contributed by atoms with Crippen molar-refractivity contribution in [3.8, 4) is 5.75 Å². The van der Waals surface area contributed by atoms with Gasteiger partial charge < -0.3 is 10.1 Å². The molecule has 0 radical (unpaired) electrons. The Labute approximate surface area is 126 Å². The number of benzene rings is 1. The van der Waals surface area contributed by atoms with Crippen LogP contribution in [0.1, 0.15) is 27.3 Å². The molecule has 1 aromatic carbocycles. The molecule has 22 heavy (non-hydrogen) atoms. The van der Waals surface area contributed by atoms with Crippen molar-refractivity contribution in [2.24, 2.45) is 7.05 Å². The first-order valence-corrected chi connectivity index (χ1v) is 6.70. The molecule has 118 valence electrons. The van der Waals surface area contributed by atoms with Crippen molar-refractivity contribution in [3.63, 3.8) is 0 Å². The lowest BCUT2D eigenvalue weighted by Crippen LogP contribution is -2.23. The summed E-state index contributed by atoms with van der Waals surface area (Å²) >= 11 is 0. The minimum absolute atomic E-state index is 0.0190. The molecule has 0 saturated carbocycles. The molecule has 0 aliphatic carbocycles. The molecule has 1 aromatic heterocycles. The number of carbonyl (C=O) groups excluding carboxylic acids is 1. The highest BCUT2D eigenvalue weighted by Gasteiger charge is 2.12. The fourth-order valence-corrected chi connectivity index (χ4v) is 2.13. The average Bonchev–Trinajstić information content (AvgIpc) is 2.70. The number of aryl methyl sites for hydroxylation is 2. The highest BCUT2D eigenvalue weighted by atomic mass is 19.3. The van der Waals surface area contributed by atoms with Crippen molar-refractivity contribution in [1.29, 1.82) is 0 Å². The summed E-state index contributed by atoms with van der Waals surface area (Å²) in [6, 6.07) is 5.55. The molecule has 1 amide bonds. The van der Waals surface area contributed by atoms with Crippen LogP contribution in [-0.4, -0.2) is 22.3 Å². The second-order valence-electron chi connectivity index (χ2n) is 4.86. The summed E-state index contributed by atoms with van der Waals surface area (Å²) in [5.74, 6) is -0.267. The van der Waals surface area contributed by atoms with Crippen molar-refractivity contribution >= 4 is 5.91 Å². The van der Waals surface area contributed by atoms with E-state index >= 15 is 0 Å². The van der Waals surface area contributed by atoms with Gasteiger partial charge in [-0.2, -0.15) is 13.9 Å². The Kier molecular flexibility index (Phi) is 4.75. The van der Waals surface area contributed by atoms with Gasteiger partial charge in [-0.05, 0) is 38.1 Å². The second kappa shape index (κ2) is 6.55. The molecular formula is C15H17F2N3O2. The minimum atomic E-state index is -2.88. The number of hydrogen-bond acceptors (Lipinski definition) is 3. The lowest BCUT2D eigenvalue weighted by atomic mass is 10.1. The molecule has 0 aliphatic rings. The van der Waals surface area contributed by atoms with Gasteiger partial charge in [0.1, 0.15) is 5.75 Å². The predicted octanol–water partition coefficient (Wildman–Crippen LogP) is 2.57. The zero-order valence-electron chi connectivity index (χ0n) is 12.6. The number of nitrogens with zero attached hydrogens (tertiary/aromatic N) is 2. The second-order valence-corrected chi connectivity index (χ2v) is 4.86. The quantitative estimate of drug-likeness (QED) is 0.923. The van der Waals surface area contributed by atoms with Crippen molar-refractivity contribution < 1.29 is 18.3 Å². The van der Waals surface area contributed by atoms with Gasteiger partial charge in [0, 0.05) is 30.4 Å². The van der Waals surface area contributed by atoms with Crippen LogP contribution in [0.3, 0.4) is 0 Å². The van der Waals surface area contributed by atoms with Crippen LogP contribution in [0.2, 0.25) is 0 Å². The first kappa shape index (κ1) is 15.9. The fraction of sp³-hybridized carbons (Fsp3) is 0.333. The molecule has 7 heteroatoms. The molecule has 1 N–H and O–H groups in total. The van der Waals surface area contributed by atoms with E-state index in [2.05, 4.69) is 15.2 Å². The Hall–Kier alpha value is -2.44. The molecule has 5 nitrogen and oxygen atoms in total. The van der Waals surface area contributed by atoms with Gasteiger partial charge in [0.2, 0.25) is 0 Å². The van der Waals surface area contributed by atoms with Gasteiger partial charge >= 0.3 is 6.61 Å². The lowest BCUT2D eigenvalue weighted by molar-refractivity contribution is -0.0498. The highest BCUT2D eigenvalue weighted by Crippen LogP contribution is 2.15. The molecule has 0 fully saturated rings. The van der Waals surface area contributed by atoms with Crippen molar-refractivity contribution in [2.75, 3.05) is 0 Å². The third-order valence-electron chi connectivity index (χ3n) is 3.43. The first-order chi connectivity index (χ1) is 10.4. The zero-order chi connectivity index (χ0) is 16.3. The monoisotopic (exact) mass is 309 g/mol. The SMILES string of the molecule is Cc1nn(C)c(C)c1CNC(=O)c1ccc(OC(F)F)cc1. The van der Waals surface area contributed by atoms with E-state index in [-0.39, 0.29) is 11.7 Å². The molecule has 2 aromatic rings. The lowest BCUT2D eigenvalue weighted by Gasteiger charge is -2.07. The highest BCUT2D eigenvalue weighted by molar-refractivity contribution is 5.94. The Morgan fingerprint density at radius 2 is 1.95 bits per heavy atom. The normalized spacial score (nSPS) is 10.8. The van der Waals surface area contributed by atoms with Gasteiger partial charge in [0.25, 0.3) is 5.91 Å². The number of halogens is 2. The number of ether oxygens (including phenoxy) is 1. The smallest absolute Gasteiger partial charge is 0.387 e. The van der Waals surface area contributed by atoms with E-state index in [0.29, 0.717) is 12.1 Å². The largest absolute Gasteiger partial charge is 0.435 e.